The van der Waals surface area contributed by atoms with Crippen LogP contribution in [0.15, 0.2) is 24.3 Å². The smallest absolute Gasteiger partial charge is 0.303 e. The van der Waals surface area contributed by atoms with Gasteiger partial charge in [0.2, 0.25) is 5.91 Å². The molecule has 3 aliphatic heterocycles. The number of hydrogen-bond acceptors (Lipinski definition) is 5. The number of morpholine rings is 1. The largest absolute Gasteiger partial charge is 0.481 e. The van der Waals surface area contributed by atoms with E-state index >= 15 is 0 Å². The van der Waals surface area contributed by atoms with E-state index < -0.39 is 17.2 Å². The Kier molecular flexibility index (Phi) is 5.98. The Hall–Kier alpha value is -2.52. The van der Waals surface area contributed by atoms with E-state index in [1.54, 1.807) is 35.8 Å². The number of fused-ring (bicyclic) bond motifs is 2. The number of hydrogen-bond donors (Lipinski definition) is 1. The molecule has 8 nitrogen and oxygen atoms in total. The zero-order valence-electron chi connectivity index (χ0n) is 18.6. The van der Waals surface area contributed by atoms with Gasteiger partial charge in [0.05, 0.1) is 36.8 Å². The van der Waals surface area contributed by atoms with Gasteiger partial charge in [-0.15, -0.1) is 0 Å². The van der Waals surface area contributed by atoms with Gasteiger partial charge < -0.3 is 19.6 Å². The monoisotopic (exact) mass is 447 g/mol. The van der Waals surface area contributed by atoms with Crippen LogP contribution in [0.1, 0.15) is 37.0 Å². The van der Waals surface area contributed by atoms with Crippen molar-refractivity contribution in [1.29, 1.82) is 0 Å². The summed E-state index contributed by atoms with van der Waals surface area (Å²) >= 11 is 0. The van der Waals surface area contributed by atoms with Crippen LogP contribution in [0.4, 0.5) is 4.39 Å². The Morgan fingerprint density at radius 3 is 2.53 bits per heavy atom. The number of nitrogens with zero attached hydrogens (tertiary/aromatic N) is 3. The predicted octanol–water partition coefficient (Wildman–Crippen LogP) is 1.45. The first-order valence-corrected chi connectivity index (χ1v) is 11.0. The fraction of sp³-hybridized carbons (Fsp3) is 0.609. The van der Waals surface area contributed by atoms with Crippen molar-refractivity contribution in [2.75, 3.05) is 45.9 Å². The van der Waals surface area contributed by atoms with E-state index in [0.29, 0.717) is 39.4 Å². The zero-order valence-corrected chi connectivity index (χ0v) is 18.6. The minimum absolute atomic E-state index is 0.00562. The Morgan fingerprint density at radius 2 is 1.84 bits per heavy atom. The summed E-state index contributed by atoms with van der Waals surface area (Å²) in [5.41, 5.74) is -0.970. The van der Waals surface area contributed by atoms with Gasteiger partial charge in [0.25, 0.3) is 5.91 Å². The minimum Gasteiger partial charge on any atom is -0.481 e. The van der Waals surface area contributed by atoms with Gasteiger partial charge >= 0.3 is 5.97 Å². The summed E-state index contributed by atoms with van der Waals surface area (Å²) in [5.74, 6) is -1.89. The number of carboxylic acid groups (broad SMARTS) is 1. The number of benzene rings is 1. The molecule has 1 aromatic carbocycles. The highest BCUT2D eigenvalue weighted by molar-refractivity contribution is 5.94. The summed E-state index contributed by atoms with van der Waals surface area (Å²) in [5, 5.41) is 9.09. The molecule has 0 saturated carbocycles. The molecule has 1 spiro atoms. The lowest BCUT2D eigenvalue weighted by Gasteiger charge is -2.63. The van der Waals surface area contributed by atoms with E-state index in [1.165, 1.54) is 12.1 Å². The summed E-state index contributed by atoms with van der Waals surface area (Å²) in [6.07, 6.45) is 0.0774. The van der Waals surface area contributed by atoms with Crippen LogP contribution in [0.2, 0.25) is 0 Å². The molecule has 3 fully saturated rings. The fourth-order valence-electron chi connectivity index (χ4n) is 5.27. The van der Waals surface area contributed by atoms with E-state index in [9.17, 15) is 18.8 Å². The summed E-state index contributed by atoms with van der Waals surface area (Å²) in [4.78, 5) is 42.8. The SMILES string of the molecule is CC(C)(CC(=O)O)CC(=O)N1CC2(C1)CN(C(=O)c1ccccc1F)CC1COCCN12. The maximum absolute atomic E-state index is 14.3. The van der Waals surface area contributed by atoms with Crippen LogP contribution in [0.3, 0.4) is 0 Å². The van der Waals surface area contributed by atoms with Gasteiger partial charge in [-0.25, -0.2) is 4.39 Å². The standard InChI is InChI=1S/C23H30FN3O5/c1-22(2,10-20(29)30)9-19(28)26-14-23(15-26)13-25(11-16-12-32-8-7-27(16)23)21(31)17-5-3-4-6-18(17)24/h3-6,16H,7-15H2,1-2H3,(H,29,30). The zero-order chi connectivity index (χ0) is 23.1. The van der Waals surface area contributed by atoms with Crippen LogP contribution in [0, 0.1) is 11.2 Å². The highest BCUT2D eigenvalue weighted by Crippen LogP contribution is 2.38. The van der Waals surface area contributed by atoms with Gasteiger partial charge in [0, 0.05) is 39.1 Å². The molecule has 3 aliphatic rings. The number of ether oxygens (including phenoxy) is 1. The van der Waals surface area contributed by atoms with Crippen LogP contribution in [-0.2, 0) is 14.3 Å². The van der Waals surface area contributed by atoms with Gasteiger partial charge in [-0.05, 0) is 17.5 Å². The number of amides is 2. The van der Waals surface area contributed by atoms with Crippen molar-refractivity contribution in [1.82, 2.24) is 14.7 Å². The molecule has 1 aromatic rings. The topological polar surface area (TPSA) is 90.4 Å². The van der Waals surface area contributed by atoms with E-state index in [4.69, 9.17) is 9.84 Å². The van der Waals surface area contributed by atoms with Crippen LogP contribution < -0.4 is 0 Å². The van der Waals surface area contributed by atoms with Gasteiger partial charge in [-0.3, -0.25) is 19.3 Å². The normalized spacial score (nSPS) is 22.9. The van der Waals surface area contributed by atoms with Crippen LogP contribution >= 0.6 is 0 Å². The predicted molar refractivity (Wildman–Crippen MR) is 114 cm³/mol. The van der Waals surface area contributed by atoms with E-state index in [1.807, 2.05) is 0 Å². The minimum atomic E-state index is -0.923. The molecule has 4 rings (SSSR count). The van der Waals surface area contributed by atoms with Gasteiger partial charge in [0.1, 0.15) is 5.82 Å². The molecule has 32 heavy (non-hydrogen) atoms. The first-order valence-electron chi connectivity index (χ1n) is 11.0. The van der Waals surface area contributed by atoms with E-state index in [2.05, 4.69) is 4.90 Å². The second-order valence-electron chi connectivity index (χ2n) is 9.97. The molecule has 1 unspecified atom stereocenters. The number of piperazine rings is 1. The quantitative estimate of drug-likeness (QED) is 0.735. The van der Waals surface area contributed by atoms with Crippen LogP contribution in [0.25, 0.3) is 0 Å². The highest BCUT2D eigenvalue weighted by Gasteiger charge is 2.56. The first-order chi connectivity index (χ1) is 15.1. The molecule has 1 N–H and O–H groups in total. The first kappa shape index (κ1) is 22.7. The molecule has 0 aliphatic carbocycles. The Labute approximate surface area is 186 Å². The lowest BCUT2D eigenvalue weighted by molar-refractivity contribution is -0.174. The molecular formula is C23H30FN3O5. The van der Waals surface area contributed by atoms with Crippen molar-refractivity contribution in [2.24, 2.45) is 5.41 Å². The number of likely N-dealkylation sites (tertiary alicyclic amines) is 1. The third-order valence-corrected chi connectivity index (χ3v) is 6.73. The number of carbonyl (C=O) groups is 3. The van der Waals surface area contributed by atoms with Crippen molar-refractivity contribution in [3.8, 4) is 0 Å². The Bertz CT molecular complexity index is 915. The molecule has 174 valence electrons. The molecular weight excluding hydrogens is 417 g/mol. The summed E-state index contributed by atoms with van der Waals surface area (Å²) in [6, 6.07) is 5.98. The molecule has 1 atom stereocenters. The third-order valence-electron chi connectivity index (χ3n) is 6.73. The second kappa shape index (κ2) is 8.44. The lowest BCUT2D eigenvalue weighted by atomic mass is 9.80. The van der Waals surface area contributed by atoms with Crippen LogP contribution in [-0.4, -0.2) is 95.1 Å². The summed E-state index contributed by atoms with van der Waals surface area (Å²) in [6.45, 7) is 7.16. The molecule has 0 aromatic heterocycles. The number of aliphatic carboxylic acids is 1. The summed E-state index contributed by atoms with van der Waals surface area (Å²) in [7, 11) is 0. The average Bonchev–Trinajstić information content (AvgIpc) is 2.69. The number of carboxylic acids is 1. The lowest BCUT2D eigenvalue weighted by Crippen LogP contribution is -2.81. The van der Waals surface area contributed by atoms with E-state index in [-0.39, 0.29) is 41.8 Å². The fourth-order valence-corrected chi connectivity index (χ4v) is 5.27. The number of rotatable bonds is 5. The second-order valence-corrected chi connectivity index (χ2v) is 9.97. The van der Waals surface area contributed by atoms with E-state index in [0.717, 1.165) is 6.54 Å². The molecule has 0 bridgehead atoms. The Morgan fingerprint density at radius 1 is 1.16 bits per heavy atom. The van der Waals surface area contributed by atoms with Gasteiger partial charge in [-0.2, -0.15) is 0 Å². The summed E-state index contributed by atoms with van der Waals surface area (Å²) < 4.78 is 19.9. The third kappa shape index (κ3) is 4.36. The van der Waals surface area contributed by atoms with Crippen molar-refractivity contribution in [2.45, 2.75) is 38.3 Å². The number of halogens is 1. The maximum Gasteiger partial charge on any atom is 0.303 e. The van der Waals surface area contributed by atoms with Gasteiger partial charge in [-0.1, -0.05) is 26.0 Å². The van der Waals surface area contributed by atoms with Crippen molar-refractivity contribution in [3.63, 3.8) is 0 Å². The maximum atomic E-state index is 14.3. The molecule has 2 amide bonds. The Balaban J connectivity index is 1.49. The molecule has 3 saturated heterocycles. The van der Waals surface area contributed by atoms with Crippen molar-refractivity contribution in [3.05, 3.63) is 35.6 Å². The molecule has 9 heteroatoms. The van der Waals surface area contributed by atoms with Gasteiger partial charge in [0.15, 0.2) is 0 Å². The molecule has 3 heterocycles. The van der Waals surface area contributed by atoms with Crippen LogP contribution in [0.5, 0.6) is 0 Å². The van der Waals surface area contributed by atoms with Crippen molar-refractivity contribution < 1.29 is 28.6 Å². The average molecular weight is 448 g/mol. The molecule has 0 radical (unpaired) electrons. The number of carbonyl (C=O) groups excluding carboxylic acids is 2. The highest BCUT2D eigenvalue weighted by atomic mass is 19.1. The van der Waals surface area contributed by atoms with Crippen molar-refractivity contribution >= 4 is 17.8 Å².